The topological polar surface area (TPSA) is 38.8 Å². The average Bonchev–Trinajstić information content (AvgIpc) is 2.97. The third-order valence-corrected chi connectivity index (χ3v) is 7.51. The highest BCUT2D eigenvalue weighted by atomic mass is 32.1. The normalized spacial score (nSPS) is 26.2. The Morgan fingerprint density at radius 1 is 1.28 bits per heavy atom. The first-order valence-corrected chi connectivity index (χ1v) is 10.4. The molecule has 4 nitrogen and oxygen atoms in total. The Bertz CT molecular complexity index is 586. The molecule has 2 heterocycles. The molecule has 0 bridgehead atoms. The smallest absolute Gasteiger partial charge is 0.338 e. The summed E-state index contributed by atoms with van der Waals surface area (Å²) in [6.45, 7) is 6.58. The molecule has 140 valence electrons. The number of carbonyl (C=O) groups is 1. The van der Waals surface area contributed by atoms with E-state index in [0.29, 0.717) is 12.0 Å². The monoisotopic (exact) mass is 365 g/mol. The van der Waals surface area contributed by atoms with Crippen LogP contribution in [0.5, 0.6) is 0 Å². The fraction of sp³-hybridized carbons (Fsp3) is 0.750. The van der Waals surface area contributed by atoms with Crippen molar-refractivity contribution in [2.75, 3.05) is 27.3 Å². The van der Waals surface area contributed by atoms with Gasteiger partial charge in [0.15, 0.2) is 0 Å². The van der Waals surface area contributed by atoms with E-state index in [1.54, 1.807) is 11.3 Å². The maximum atomic E-state index is 11.9. The predicted octanol–water partition coefficient (Wildman–Crippen LogP) is 4.23. The molecule has 3 rings (SSSR count). The van der Waals surface area contributed by atoms with E-state index in [2.05, 4.69) is 18.7 Å². The fourth-order valence-corrected chi connectivity index (χ4v) is 5.97. The predicted molar refractivity (Wildman–Crippen MR) is 102 cm³/mol. The van der Waals surface area contributed by atoms with Gasteiger partial charge >= 0.3 is 5.97 Å². The van der Waals surface area contributed by atoms with Crippen LogP contribution in [0.25, 0.3) is 0 Å². The largest absolute Gasteiger partial charge is 0.465 e. The van der Waals surface area contributed by atoms with E-state index in [1.165, 1.54) is 37.7 Å². The minimum absolute atomic E-state index is 0.205. The van der Waals surface area contributed by atoms with E-state index in [-0.39, 0.29) is 5.97 Å². The molecule has 1 aromatic heterocycles. The van der Waals surface area contributed by atoms with Crippen molar-refractivity contribution >= 4 is 17.3 Å². The SMILES string of the molecule is CC[C@@H](c1scc(C(=O)OC)c1C)C1CCC(N2CC(OC)C2)CC1. The lowest BCUT2D eigenvalue weighted by molar-refractivity contribution is -0.0601. The first-order chi connectivity index (χ1) is 12.1. The number of carbonyl (C=O) groups excluding carboxylic acids is 1. The summed E-state index contributed by atoms with van der Waals surface area (Å²) in [6.07, 6.45) is 6.78. The molecule has 1 saturated heterocycles. The molecule has 2 fully saturated rings. The Balaban J connectivity index is 1.61. The van der Waals surface area contributed by atoms with Crippen molar-refractivity contribution in [3.05, 3.63) is 21.4 Å². The number of ether oxygens (including phenoxy) is 2. The Hall–Kier alpha value is -0.910. The number of nitrogens with zero attached hydrogens (tertiary/aromatic N) is 1. The molecule has 5 heteroatoms. The molecule has 0 unspecified atom stereocenters. The Kier molecular flexibility index (Phi) is 6.18. The highest BCUT2D eigenvalue weighted by Crippen LogP contribution is 2.43. The Morgan fingerprint density at radius 3 is 2.52 bits per heavy atom. The van der Waals surface area contributed by atoms with Gasteiger partial charge in [0, 0.05) is 36.5 Å². The van der Waals surface area contributed by atoms with Crippen LogP contribution in [-0.2, 0) is 9.47 Å². The molecular formula is C20H31NO3S. The van der Waals surface area contributed by atoms with Crippen molar-refractivity contribution < 1.29 is 14.3 Å². The van der Waals surface area contributed by atoms with Gasteiger partial charge in [-0.1, -0.05) is 6.92 Å². The van der Waals surface area contributed by atoms with Crippen molar-refractivity contribution in [3.8, 4) is 0 Å². The molecule has 1 aliphatic heterocycles. The van der Waals surface area contributed by atoms with Crippen LogP contribution in [0.1, 0.15) is 65.7 Å². The summed E-state index contributed by atoms with van der Waals surface area (Å²) >= 11 is 1.74. The van der Waals surface area contributed by atoms with Gasteiger partial charge < -0.3 is 9.47 Å². The third-order valence-electron chi connectivity index (χ3n) is 6.30. The van der Waals surface area contributed by atoms with Gasteiger partial charge in [-0.15, -0.1) is 11.3 Å². The second-order valence-electron chi connectivity index (χ2n) is 7.53. The van der Waals surface area contributed by atoms with E-state index < -0.39 is 0 Å². The molecule has 0 N–H and O–H groups in total. The lowest BCUT2D eigenvalue weighted by Crippen LogP contribution is -2.56. The molecule has 1 aliphatic carbocycles. The molecule has 0 radical (unpaired) electrons. The zero-order valence-corrected chi connectivity index (χ0v) is 16.7. The third kappa shape index (κ3) is 3.79. The molecule has 1 atom stereocenters. The van der Waals surface area contributed by atoms with Gasteiger partial charge in [0.2, 0.25) is 0 Å². The van der Waals surface area contributed by atoms with E-state index in [1.807, 2.05) is 12.5 Å². The first kappa shape index (κ1) is 18.9. The van der Waals surface area contributed by atoms with Crippen LogP contribution < -0.4 is 0 Å². The van der Waals surface area contributed by atoms with Crippen LogP contribution in [0, 0.1) is 12.8 Å². The molecule has 2 aliphatic rings. The highest BCUT2D eigenvalue weighted by molar-refractivity contribution is 7.10. The highest BCUT2D eigenvalue weighted by Gasteiger charge is 2.36. The van der Waals surface area contributed by atoms with Crippen molar-refractivity contribution in [2.24, 2.45) is 5.92 Å². The van der Waals surface area contributed by atoms with Crippen LogP contribution in [0.3, 0.4) is 0 Å². The van der Waals surface area contributed by atoms with Crippen molar-refractivity contribution in [1.82, 2.24) is 4.90 Å². The maximum Gasteiger partial charge on any atom is 0.338 e. The lowest BCUT2D eigenvalue weighted by atomic mass is 9.75. The number of methoxy groups -OCH3 is 2. The van der Waals surface area contributed by atoms with E-state index in [0.717, 1.165) is 42.6 Å². The zero-order valence-electron chi connectivity index (χ0n) is 15.9. The van der Waals surface area contributed by atoms with Gasteiger partial charge in [0.1, 0.15) is 0 Å². The number of hydrogen-bond donors (Lipinski definition) is 0. The second-order valence-corrected chi connectivity index (χ2v) is 8.44. The molecular weight excluding hydrogens is 334 g/mol. The second kappa shape index (κ2) is 8.19. The molecule has 1 saturated carbocycles. The number of hydrogen-bond acceptors (Lipinski definition) is 5. The average molecular weight is 366 g/mol. The molecule has 0 aromatic carbocycles. The molecule has 0 amide bonds. The summed E-state index contributed by atoms with van der Waals surface area (Å²) < 4.78 is 10.3. The van der Waals surface area contributed by atoms with E-state index in [9.17, 15) is 4.79 Å². The Morgan fingerprint density at radius 2 is 1.96 bits per heavy atom. The van der Waals surface area contributed by atoms with Crippen LogP contribution in [0.15, 0.2) is 5.38 Å². The molecule has 1 aromatic rings. The van der Waals surface area contributed by atoms with Crippen molar-refractivity contribution in [3.63, 3.8) is 0 Å². The van der Waals surface area contributed by atoms with Gasteiger partial charge in [-0.05, 0) is 56.4 Å². The van der Waals surface area contributed by atoms with Gasteiger partial charge in [-0.25, -0.2) is 4.79 Å². The van der Waals surface area contributed by atoms with E-state index in [4.69, 9.17) is 9.47 Å². The summed E-state index contributed by atoms with van der Waals surface area (Å²) in [5.41, 5.74) is 1.89. The van der Waals surface area contributed by atoms with Crippen LogP contribution in [0.2, 0.25) is 0 Å². The number of rotatable bonds is 6. The zero-order chi connectivity index (χ0) is 18.0. The number of thiophene rings is 1. The quantitative estimate of drug-likeness (QED) is 0.707. The van der Waals surface area contributed by atoms with Gasteiger partial charge in [0.05, 0.1) is 18.8 Å². The fourth-order valence-electron chi connectivity index (χ4n) is 4.63. The van der Waals surface area contributed by atoms with Crippen molar-refractivity contribution in [2.45, 2.75) is 64.0 Å². The minimum atomic E-state index is -0.205. The number of likely N-dealkylation sites (tertiary alicyclic amines) is 1. The molecule has 25 heavy (non-hydrogen) atoms. The number of esters is 1. The summed E-state index contributed by atoms with van der Waals surface area (Å²) in [7, 11) is 3.28. The summed E-state index contributed by atoms with van der Waals surface area (Å²) in [5, 5.41) is 1.98. The van der Waals surface area contributed by atoms with Crippen molar-refractivity contribution in [1.29, 1.82) is 0 Å². The standard InChI is InChI=1S/C20H31NO3S/c1-5-17(19-13(2)18(12-25-19)20(22)24-4)14-6-8-15(9-7-14)21-10-16(11-21)23-3/h12,14-17H,5-11H2,1-4H3/t14?,15?,17-/m1/s1. The first-order valence-electron chi connectivity index (χ1n) is 9.52. The lowest BCUT2D eigenvalue weighted by Gasteiger charge is -2.46. The summed E-state index contributed by atoms with van der Waals surface area (Å²) in [5.74, 6) is 1.11. The van der Waals surface area contributed by atoms with Crippen LogP contribution in [-0.4, -0.2) is 50.3 Å². The van der Waals surface area contributed by atoms with Crippen LogP contribution >= 0.6 is 11.3 Å². The Labute approximate surface area is 155 Å². The van der Waals surface area contributed by atoms with E-state index >= 15 is 0 Å². The van der Waals surface area contributed by atoms with Gasteiger partial charge in [-0.2, -0.15) is 0 Å². The summed E-state index contributed by atoms with van der Waals surface area (Å²) in [4.78, 5) is 15.9. The van der Waals surface area contributed by atoms with Gasteiger partial charge in [0.25, 0.3) is 0 Å². The maximum absolute atomic E-state index is 11.9. The minimum Gasteiger partial charge on any atom is -0.465 e. The van der Waals surface area contributed by atoms with Crippen LogP contribution in [0.4, 0.5) is 0 Å². The molecule has 0 spiro atoms. The summed E-state index contributed by atoms with van der Waals surface area (Å²) in [6, 6.07) is 0.746. The van der Waals surface area contributed by atoms with Gasteiger partial charge in [-0.3, -0.25) is 4.90 Å².